The normalized spacial score (nSPS) is 12.5. The van der Waals surface area contributed by atoms with E-state index in [0.29, 0.717) is 11.6 Å². The van der Waals surface area contributed by atoms with Crippen LogP contribution in [-0.4, -0.2) is 49.2 Å². The average molecular weight is 407 g/mol. The van der Waals surface area contributed by atoms with Gasteiger partial charge in [0.1, 0.15) is 5.75 Å². The van der Waals surface area contributed by atoms with E-state index in [-0.39, 0.29) is 18.3 Å². The lowest BCUT2D eigenvalue weighted by atomic mass is 10.1. The molecule has 1 aliphatic carbocycles. The Bertz CT molecular complexity index is 1090. The Balaban J connectivity index is 1.77. The first-order chi connectivity index (χ1) is 14.3. The third-order valence-electron chi connectivity index (χ3n) is 4.81. The van der Waals surface area contributed by atoms with E-state index in [1.807, 2.05) is 25.1 Å². The summed E-state index contributed by atoms with van der Waals surface area (Å²) in [4.78, 5) is 39.8. The molecule has 1 aliphatic rings. The molecule has 1 fully saturated rings. The molecule has 2 aromatic rings. The Morgan fingerprint density at radius 2 is 1.90 bits per heavy atom. The van der Waals surface area contributed by atoms with Gasteiger partial charge in [0.05, 0.1) is 0 Å². The van der Waals surface area contributed by atoms with Crippen molar-refractivity contribution in [3.8, 4) is 17.6 Å². The summed E-state index contributed by atoms with van der Waals surface area (Å²) in [6.07, 6.45) is 3.65. The average Bonchev–Trinajstić information content (AvgIpc) is 3.55. The molecule has 0 saturated heterocycles. The molecule has 0 spiro atoms. The van der Waals surface area contributed by atoms with Gasteiger partial charge in [0.15, 0.2) is 6.61 Å². The Morgan fingerprint density at radius 3 is 2.53 bits per heavy atom. The highest BCUT2D eigenvalue weighted by atomic mass is 16.5. The minimum Gasteiger partial charge on any atom is -0.484 e. The predicted molar refractivity (Wildman–Crippen MR) is 115 cm³/mol. The highest BCUT2D eigenvalue weighted by Crippen LogP contribution is 2.28. The van der Waals surface area contributed by atoms with Gasteiger partial charge in [-0.3, -0.25) is 14.5 Å². The Morgan fingerprint density at radius 1 is 1.17 bits per heavy atom. The van der Waals surface area contributed by atoms with Crippen LogP contribution in [0, 0.1) is 24.7 Å². The SMILES string of the molecule is Cc1ccc(C#CC2CC2)cc1N(C)C(=O)n1ccc(OCC(=O)N(C)C)cc1=O. The molecule has 0 radical (unpaired) electrons. The van der Waals surface area contributed by atoms with Crippen LogP contribution in [0.2, 0.25) is 0 Å². The number of nitrogens with zero attached hydrogens (tertiary/aromatic N) is 3. The van der Waals surface area contributed by atoms with Crippen molar-refractivity contribution in [1.82, 2.24) is 9.47 Å². The van der Waals surface area contributed by atoms with Crippen molar-refractivity contribution in [3.05, 3.63) is 58.0 Å². The number of hydrogen-bond donors (Lipinski definition) is 0. The third-order valence-corrected chi connectivity index (χ3v) is 4.81. The maximum absolute atomic E-state index is 12.9. The van der Waals surface area contributed by atoms with Gasteiger partial charge in [0.2, 0.25) is 0 Å². The number of carbonyl (C=O) groups is 2. The molecule has 0 bridgehead atoms. The van der Waals surface area contributed by atoms with Crippen LogP contribution >= 0.6 is 0 Å². The van der Waals surface area contributed by atoms with Crippen molar-refractivity contribution in [1.29, 1.82) is 0 Å². The maximum atomic E-state index is 12.9. The summed E-state index contributed by atoms with van der Waals surface area (Å²) in [5.41, 5.74) is 1.89. The van der Waals surface area contributed by atoms with E-state index in [0.717, 1.165) is 28.5 Å². The fourth-order valence-corrected chi connectivity index (χ4v) is 2.71. The van der Waals surface area contributed by atoms with E-state index in [2.05, 4.69) is 11.8 Å². The molecule has 1 saturated carbocycles. The molecule has 3 rings (SSSR count). The van der Waals surface area contributed by atoms with Gasteiger partial charge in [-0.15, -0.1) is 0 Å². The van der Waals surface area contributed by atoms with Crippen LogP contribution in [0.4, 0.5) is 10.5 Å². The molecule has 1 aromatic heterocycles. The van der Waals surface area contributed by atoms with Crippen molar-refractivity contribution in [3.63, 3.8) is 0 Å². The van der Waals surface area contributed by atoms with Crippen LogP contribution in [0.15, 0.2) is 41.3 Å². The number of rotatable bonds is 4. The van der Waals surface area contributed by atoms with E-state index in [4.69, 9.17) is 4.74 Å². The van der Waals surface area contributed by atoms with Crippen molar-refractivity contribution < 1.29 is 14.3 Å². The van der Waals surface area contributed by atoms with Gasteiger partial charge in [-0.25, -0.2) is 9.36 Å². The predicted octanol–water partition coefficient (Wildman–Crippen LogP) is 2.49. The number of ether oxygens (including phenoxy) is 1. The standard InChI is InChI=1S/C23H25N3O4/c1-16-5-6-18(10-9-17-7-8-17)13-20(16)25(4)23(29)26-12-11-19(14-21(26)27)30-15-22(28)24(2)3/h5-6,11-14,17H,7-8,15H2,1-4H3. The molecule has 2 amide bonds. The second-order valence-corrected chi connectivity index (χ2v) is 7.53. The molecule has 0 unspecified atom stereocenters. The van der Waals surface area contributed by atoms with Gasteiger partial charge < -0.3 is 9.64 Å². The lowest BCUT2D eigenvalue weighted by Gasteiger charge is -2.20. The summed E-state index contributed by atoms with van der Waals surface area (Å²) in [5, 5.41) is 0. The van der Waals surface area contributed by atoms with E-state index >= 15 is 0 Å². The second-order valence-electron chi connectivity index (χ2n) is 7.53. The second kappa shape index (κ2) is 8.87. The first-order valence-electron chi connectivity index (χ1n) is 9.72. The number of amides is 2. The molecular formula is C23H25N3O4. The van der Waals surface area contributed by atoms with Crippen LogP contribution in [0.1, 0.15) is 24.0 Å². The third kappa shape index (κ3) is 5.09. The van der Waals surface area contributed by atoms with Gasteiger partial charge in [-0.1, -0.05) is 17.9 Å². The first kappa shape index (κ1) is 21.2. The molecule has 0 atom stereocenters. The molecule has 7 heteroatoms. The number of carbonyl (C=O) groups excluding carboxylic acids is 2. The fourth-order valence-electron chi connectivity index (χ4n) is 2.71. The Labute approximate surface area is 175 Å². The summed E-state index contributed by atoms with van der Waals surface area (Å²) in [6, 6.07) is 7.89. The molecule has 0 aliphatic heterocycles. The number of benzene rings is 1. The smallest absolute Gasteiger partial charge is 0.335 e. The van der Waals surface area contributed by atoms with Crippen LogP contribution in [0.3, 0.4) is 0 Å². The van der Waals surface area contributed by atoms with Crippen molar-refractivity contribution in [2.45, 2.75) is 19.8 Å². The van der Waals surface area contributed by atoms with E-state index in [9.17, 15) is 14.4 Å². The number of pyridine rings is 1. The van der Waals surface area contributed by atoms with Gasteiger partial charge >= 0.3 is 6.03 Å². The Kier molecular flexibility index (Phi) is 6.26. The monoisotopic (exact) mass is 407 g/mol. The van der Waals surface area contributed by atoms with E-state index in [1.165, 1.54) is 28.1 Å². The van der Waals surface area contributed by atoms with Crippen LogP contribution < -0.4 is 15.2 Å². The van der Waals surface area contributed by atoms with Crippen molar-refractivity contribution >= 4 is 17.6 Å². The summed E-state index contributed by atoms with van der Waals surface area (Å²) in [6.45, 7) is 1.72. The quantitative estimate of drug-likeness (QED) is 0.730. The number of aromatic nitrogens is 1. The number of hydrogen-bond acceptors (Lipinski definition) is 4. The summed E-state index contributed by atoms with van der Waals surface area (Å²) < 4.78 is 6.33. The molecule has 30 heavy (non-hydrogen) atoms. The first-order valence-corrected chi connectivity index (χ1v) is 9.72. The summed E-state index contributed by atoms with van der Waals surface area (Å²) in [5.74, 6) is 6.86. The zero-order valence-corrected chi connectivity index (χ0v) is 17.6. The van der Waals surface area contributed by atoms with Gasteiger partial charge in [-0.05, 0) is 43.5 Å². The topological polar surface area (TPSA) is 71.8 Å². The molecular weight excluding hydrogens is 382 g/mol. The zero-order valence-electron chi connectivity index (χ0n) is 17.6. The largest absolute Gasteiger partial charge is 0.484 e. The van der Waals surface area contributed by atoms with Crippen LogP contribution in [-0.2, 0) is 4.79 Å². The fraction of sp³-hybridized carbons (Fsp3) is 0.348. The molecule has 1 aromatic carbocycles. The Hall–Kier alpha value is -3.53. The van der Waals surface area contributed by atoms with Crippen LogP contribution in [0.5, 0.6) is 5.75 Å². The van der Waals surface area contributed by atoms with E-state index < -0.39 is 11.6 Å². The molecule has 7 nitrogen and oxygen atoms in total. The lowest BCUT2D eigenvalue weighted by molar-refractivity contribution is -0.130. The van der Waals surface area contributed by atoms with E-state index in [1.54, 1.807) is 21.1 Å². The van der Waals surface area contributed by atoms with Gasteiger partial charge in [-0.2, -0.15) is 0 Å². The van der Waals surface area contributed by atoms with Gasteiger partial charge in [0, 0.05) is 50.6 Å². The van der Waals surface area contributed by atoms with Crippen molar-refractivity contribution in [2.24, 2.45) is 5.92 Å². The summed E-state index contributed by atoms with van der Waals surface area (Å²) in [7, 11) is 4.86. The van der Waals surface area contributed by atoms with Gasteiger partial charge in [0.25, 0.3) is 11.5 Å². The highest BCUT2D eigenvalue weighted by Gasteiger charge is 2.19. The molecule has 0 N–H and O–H groups in total. The zero-order chi connectivity index (χ0) is 21.8. The summed E-state index contributed by atoms with van der Waals surface area (Å²) >= 11 is 0. The number of likely N-dealkylation sites (N-methyl/N-ethyl adjacent to an activating group) is 1. The minimum atomic E-state index is -0.538. The van der Waals surface area contributed by atoms with Crippen LogP contribution in [0.25, 0.3) is 0 Å². The highest BCUT2D eigenvalue weighted by molar-refractivity contribution is 5.94. The molecule has 1 heterocycles. The minimum absolute atomic E-state index is 0.182. The number of aryl methyl sites for hydroxylation is 1. The van der Waals surface area contributed by atoms with Crippen molar-refractivity contribution in [2.75, 3.05) is 32.6 Å². The number of anilines is 1. The molecule has 156 valence electrons. The maximum Gasteiger partial charge on any atom is 0.335 e. The lowest BCUT2D eigenvalue weighted by Crippen LogP contribution is -2.37.